The minimum absolute atomic E-state index is 0.114. The summed E-state index contributed by atoms with van der Waals surface area (Å²) in [5, 5.41) is 5.93. The van der Waals surface area contributed by atoms with Crippen LogP contribution in [0.5, 0.6) is 0 Å². The summed E-state index contributed by atoms with van der Waals surface area (Å²) in [6, 6.07) is 13.4. The number of carbonyl (C=O) groups is 4. The van der Waals surface area contributed by atoms with Crippen molar-refractivity contribution < 1.29 is 28.7 Å². The number of H-pyrrole nitrogens is 2. The predicted molar refractivity (Wildman–Crippen MR) is 243 cm³/mol. The molecule has 1 aliphatic heterocycles. The Labute approximate surface area is 364 Å². The van der Waals surface area contributed by atoms with Crippen molar-refractivity contribution in [3.63, 3.8) is 0 Å². The van der Waals surface area contributed by atoms with E-state index in [0.29, 0.717) is 24.7 Å². The molecule has 16 heteroatoms. The van der Waals surface area contributed by atoms with E-state index in [0.717, 1.165) is 62.6 Å². The van der Waals surface area contributed by atoms with E-state index >= 15 is 0 Å². The lowest BCUT2D eigenvalue weighted by Crippen LogP contribution is -2.51. The molecular weight excluding hydrogens is 795 g/mol. The second-order valence-electron chi connectivity index (χ2n) is 14.1. The van der Waals surface area contributed by atoms with Gasteiger partial charge in [0.05, 0.1) is 60.8 Å². The number of aromatic amines is 2. The molecule has 6 rings (SSSR count). The number of rotatable bonds is 13. The molecule has 2 aromatic carbocycles. The van der Waals surface area contributed by atoms with E-state index in [9.17, 15) is 19.2 Å². The Kier molecular flexibility index (Phi) is 20.4. The fraction of sp³-hybridized carbons (Fsp3) is 0.489. The molecule has 3 aromatic heterocycles. The molecule has 2 atom stereocenters. The quantitative estimate of drug-likeness (QED) is 0.0895. The van der Waals surface area contributed by atoms with Gasteiger partial charge in [-0.1, -0.05) is 99.1 Å². The van der Waals surface area contributed by atoms with Crippen molar-refractivity contribution in [3.05, 3.63) is 66.5 Å². The molecule has 1 unspecified atom stereocenters. The highest BCUT2D eigenvalue weighted by molar-refractivity contribution is 7.21. The molecule has 61 heavy (non-hydrogen) atoms. The molecule has 5 aromatic rings. The Bertz CT molecular complexity index is 2130. The number of amides is 4. The van der Waals surface area contributed by atoms with Gasteiger partial charge in [0, 0.05) is 13.1 Å². The minimum atomic E-state index is -0.698. The summed E-state index contributed by atoms with van der Waals surface area (Å²) >= 11 is 1.57. The smallest absolute Gasteiger partial charge is 0.407 e. The Hall–Kier alpha value is -5.77. The molecule has 15 nitrogen and oxygen atoms in total. The molecule has 1 fully saturated rings. The number of nitrogens with one attached hydrogen (secondary N) is 4. The Morgan fingerprint density at radius 3 is 2.16 bits per heavy atom. The summed E-state index contributed by atoms with van der Waals surface area (Å²) in [7, 11) is 2.54. The van der Waals surface area contributed by atoms with Crippen LogP contribution in [0.3, 0.4) is 0 Å². The van der Waals surface area contributed by atoms with Gasteiger partial charge in [-0.25, -0.2) is 24.5 Å². The van der Waals surface area contributed by atoms with Crippen LogP contribution in [0.25, 0.3) is 43.3 Å². The Morgan fingerprint density at radius 2 is 1.52 bits per heavy atom. The SMILES string of the molecule is CC.CC.CCC.CCCN(Cc1ncc(-c2ccc(-c3ccc4nc(-c5cnc([C@@H]6CCCN6C(=O)C(NC(=O)OC)C(C)C)[nH]5)sc4c3)cc2)[nH]1)C(=O)CNC(=O)OC. The van der Waals surface area contributed by atoms with Crippen LogP contribution in [0.4, 0.5) is 9.59 Å². The van der Waals surface area contributed by atoms with Crippen molar-refractivity contribution in [1.82, 2.24) is 45.4 Å². The van der Waals surface area contributed by atoms with Gasteiger partial charge in [-0.05, 0) is 54.0 Å². The van der Waals surface area contributed by atoms with Gasteiger partial charge in [-0.3, -0.25) is 9.59 Å². The third-order valence-corrected chi connectivity index (χ3v) is 10.4. The first-order chi connectivity index (χ1) is 29.5. The van der Waals surface area contributed by atoms with Crippen LogP contribution < -0.4 is 10.6 Å². The molecule has 0 aliphatic carbocycles. The van der Waals surface area contributed by atoms with Crippen molar-refractivity contribution in [3.8, 4) is 33.1 Å². The summed E-state index contributed by atoms with van der Waals surface area (Å²) in [5.41, 5.74) is 5.54. The number of benzene rings is 2. The maximum Gasteiger partial charge on any atom is 0.407 e. The van der Waals surface area contributed by atoms with Crippen molar-refractivity contribution >= 4 is 45.6 Å². The number of nitrogens with zero attached hydrogens (tertiary/aromatic N) is 5. The van der Waals surface area contributed by atoms with Gasteiger partial charge < -0.3 is 39.9 Å². The molecule has 1 saturated heterocycles. The molecule has 0 radical (unpaired) electrons. The molecule has 332 valence electrons. The fourth-order valence-corrected chi connectivity index (χ4v) is 7.50. The Balaban J connectivity index is 0.00000134. The highest BCUT2D eigenvalue weighted by atomic mass is 32.1. The van der Waals surface area contributed by atoms with Crippen LogP contribution in [0.15, 0.2) is 54.9 Å². The van der Waals surface area contributed by atoms with Crippen molar-refractivity contribution in [2.75, 3.05) is 33.9 Å². The van der Waals surface area contributed by atoms with E-state index in [-0.39, 0.29) is 36.9 Å². The average molecular weight is 860 g/mol. The van der Waals surface area contributed by atoms with Gasteiger partial charge in [0.1, 0.15) is 29.2 Å². The minimum Gasteiger partial charge on any atom is -0.453 e. The number of thiazole rings is 1. The number of hydrogen-bond acceptors (Lipinski definition) is 10. The molecule has 4 heterocycles. The lowest BCUT2D eigenvalue weighted by Gasteiger charge is -2.29. The first-order valence-corrected chi connectivity index (χ1v) is 22.2. The van der Waals surface area contributed by atoms with Gasteiger partial charge in [0.15, 0.2) is 0 Å². The van der Waals surface area contributed by atoms with Crippen LogP contribution in [-0.4, -0.2) is 98.6 Å². The summed E-state index contributed by atoms with van der Waals surface area (Å²) in [6.07, 6.45) is 5.85. The molecule has 4 amide bonds. The van der Waals surface area contributed by atoms with E-state index in [1.54, 1.807) is 33.5 Å². The Morgan fingerprint density at radius 1 is 0.885 bits per heavy atom. The van der Waals surface area contributed by atoms with Crippen LogP contribution in [-0.2, 0) is 25.6 Å². The number of imidazole rings is 2. The summed E-state index contributed by atoms with van der Waals surface area (Å²) < 4.78 is 10.3. The second-order valence-corrected chi connectivity index (χ2v) is 15.2. The highest BCUT2D eigenvalue weighted by Crippen LogP contribution is 2.36. The number of aromatic nitrogens is 5. The summed E-state index contributed by atoms with van der Waals surface area (Å²) in [5.74, 6) is 0.852. The fourth-order valence-electron chi connectivity index (χ4n) is 6.53. The lowest BCUT2D eigenvalue weighted by molar-refractivity contribution is -0.135. The van der Waals surface area contributed by atoms with Crippen LogP contribution in [0.2, 0.25) is 0 Å². The number of ether oxygens (including phenoxy) is 2. The van der Waals surface area contributed by atoms with Crippen molar-refractivity contribution in [1.29, 1.82) is 0 Å². The number of fused-ring (bicyclic) bond motifs is 1. The van der Waals surface area contributed by atoms with Gasteiger partial charge in [-0.15, -0.1) is 11.3 Å². The zero-order valence-electron chi connectivity index (χ0n) is 37.7. The predicted octanol–water partition coefficient (Wildman–Crippen LogP) is 9.35. The van der Waals surface area contributed by atoms with E-state index in [1.807, 2.05) is 66.7 Å². The van der Waals surface area contributed by atoms with Crippen LogP contribution in [0.1, 0.15) is 106 Å². The van der Waals surface area contributed by atoms with E-state index in [4.69, 9.17) is 9.72 Å². The lowest BCUT2D eigenvalue weighted by atomic mass is 10.0. The van der Waals surface area contributed by atoms with Crippen LogP contribution >= 0.6 is 11.3 Å². The van der Waals surface area contributed by atoms with E-state index in [1.165, 1.54) is 20.6 Å². The first-order valence-electron chi connectivity index (χ1n) is 21.3. The first kappa shape index (κ1) is 49.6. The molecule has 0 bridgehead atoms. The zero-order chi connectivity index (χ0) is 45.1. The molecule has 0 spiro atoms. The second kappa shape index (κ2) is 25.1. The standard InChI is InChI=1S/C38H45N9O6S.C3H8.2C2H6/c1-6-15-46(32(48)20-41-37(50)52-4)21-31-39-18-27(42-31)24-11-9-23(10-12-24)25-13-14-26-30(17-25)54-35(44-26)28-19-40-34(43-28)29-8-7-16-47(29)36(49)33(22(2)3)45-38(51)53-5;1-3-2;2*1-2/h9-14,17-19,22,29,33H,6-8,15-16,20-21H2,1-5H3,(H,39,42)(H,40,43)(H,41,50)(H,45,51);3H2,1-2H3;2*1-2H3/t29-,33?;;;/m0.../s1. The maximum absolute atomic E-state index is 13.5. The van der Waals surface area contributed by atoms with Gasteiger partial charge >= 0.3 is 12.2 Å². The largest absolute Gasteiger partial charge is 0.453 e. The third kappa shape index (κ3) is 13.4. The van der Waals surface area contributed by atoms with Gasteiger partial charge in [-0.2, -0.15) is 0 Å². The molecule has 4 N–H and O–H groups in total. The van der Waals surface area contributed by atoms with Crippen molar-refractivity contribution in [2.24, 2.45) is 5.92 Å². The maximum atomic E-state index is 13.5. The summed E-state index contributed by atoms with van der Waals surface area (Å²) in [4.78, 5) is 73.8. The van der Waals surface area contributed by atoms with Gasteiger partial charge in [0.2, 0.25) is 11.8 Å². The number of likely N-dealkylation sites (tertiary alicyclic amines) is 1. The number of methoxy groups -OCH3 is 2. The topological polar surface area (TPSA) is 188 Å². The highest BCUT2D eigenvalue weighted by Gasteiger charge is 2.37. The number of alkyl carbamates (subject to hydrolysis) is 2. The van der Waals surface area contributed by atoms with E-state index in [2.05, 4.69) is 73.4 Å². The molecular formula is C45H65N9O6S. The zero-order valence-corrected chi connectivity index (χ0v) is 38.5. The van der Waals surface area contributed by atoms with E-state index < -0.39 is 18.2 Å². The van der Waals surface area contributed by atoms with Crippen molar-refractivity contribution in [2.45, 2.75) is 107 Å². The van der Waals surface area contributed by atoms with Crippen LogP contribution in [0, 0.1) is 5.92 Å². The molecule has 1 aliphatic rings. The molecule has 0 saturated carbocycles. The number of hydrogen-bond donors (Lipinski definition) is 4. The average Bonchev–Trinajstić information content (AvgIpc) is 4.12. The monoisotopic (exact) mass is 859 g/mol. The number of carbonyl (C=O) groups excluding carboxylic acids is 4. The normalized spacial score (nSPS) is 13.4. The third-order valence-electron chi connectivity index (χ3n) is 9.37. The summed E-state index contributed by atoms with van der Waals surface area (Å²) in [6.45, 7) is 19.3. The van der Waals surface area contributed by atoms with Gasteiger partial charge in [0.25, 0.3) is 0 Å².